The third-order valence-electron chi connectivity index (χ3n) is 4.09. The molecule has 1 aromatic heterocycles. The Balaban J connectivity index is 1.44. The number of anilines is 1. The van der Waals surface area contributed by atoms with Gasteiger partial charge in [-0.1, -0.05) is 18.2 Å². The Morgan fingerprint density at radius 3 is 3.09 bits per heavy atom. The van der Waals surface area contributed by atoms with E-state index in [0.29, 0.717) is 6.04 Å². The highest BCUT2D eigenvalue weighted by Gasteiger charge is 2.29. The van der Waals surface area contributed by atoms with Crippen LogP contribution in [0, 0.1) is 0 Å². The lowest BCUT2D eigenvalue weighted by Gasteiger charge is -2.15. The molecule has 1 aliphatic rings. The minimum atomic E-state index is -0.0359. The predicted octanol–water partition coefficient (Wildman–Crippen LogP) is 1.77. The Morgan fingerprint density at radius 1 is 1.41 bits per heavy atom. The Bertz CT molecular complexity index is 625. The molecule has 0 fully saturated rings. The average molecular weight is 299 g/mol. The summed E-state index contributed by atoms with van der Waals surface area (Å²) >= 11 is 0. The zero-order valence-electron chi connectivity index (χ0n) is 12.7. The number of aryl methyl sites for hydroxylation is 1. The topological polar surface area (TPSA) is 71.8 Å². The van der Waals surface area contributed by atoms with Crippen LogP contribution in [-0.4, -0.2) is 33.3 Å². The van der Waals surface area contributed by atoms with Crippen LogP contribution in [-0.2, 0) is 11.3 Å². The SMILES string of the molecule is C[C@@H](CCn1cncn1)NCC[C@H]1C(=O)Nc2ccccc21. The molecule has 0 unspecified atom stereocenters. The van der Waals surface area contributed by atoms with E-state index in [-0.39, 0.29) is 11.8 Å². The van der Waals surface area contributed by atoms with Gasteiger partial charge in [0.25, 0.3) is 0 Å². The molecule has 0 spiro atoms. The first kappa shape index (κ1) is 14.7. The molecule has 0 radical (unpaired) electrons. The van der Waals surface area contributed by atoms with E-state index in [2.05, 4.69) is 27.6 Å². The number of para-hydroxylation sites is 1. The van der Waals surface area contributed by atoms with Crippen molar-refractivity contribution in [3.8, 4) is 0 Å². The molecule has 3 rings (SSSR count). The van der Waals surface area contributed by atoms with Gasteiger partial charge in [0, 0.05) is 18.3 Å². The van der Waals surface area contributed by atoms with Crippen LogP contribution >= 0.6 is 0 Å². The van der Waals surface area contributed by atoms with Gasteiger partial charge in [-0.05, 0) is 37.9 Å². The van der Waals surface area contributed by atoms with Crippen molar-refractivity contribution in [2.75, 3.05) is 11.9 Å². The highest BCUT2D eigenvalue weighted by atomic mass is 16.2. The van der Waals surface area contributed by atoms with Crippen LogP contribution in [0.3, 0.4) is 0 Å². The second-order valence-electron chi connectivity index (χ2n) is 5.72. The average Bonchev–Trinajstić information content (AvgIpc) is 3.13. The molecule has 1 aromatic carbocycles. The first-order valence-corrected chi connectivity index (χ1v) is 7.69. The quantitative estimate of drug-likeness (QED) is 0.817. The van der Waals surface area contributed by atoms with Gasteiger partial charge in [-0.3, -0.25) is 9.48 Å². The summed E-state index contributed by atoms with van der Waals surface area (Å²) in [5, 5.41) is 10.5. The number of carbonyl (C=O) groups excluding carboxylic acids is 1. The van der Waals surface area contributed by atoms with Crippen LogP contribution in [0.2, 0.25) is 0 Å². The third-order valence-corrected chi connectivity index (χ3v) is 4.09. The number of fused-ring (bicyclic) bond motifs is 1. The molecule has 1 amide bonds. The minimum Gasteiger partial charge on any atom is -0.325 e. The van der Waals surface area contributed by atoms with E-state index < -0.39 is 0 Å². The Hall–Kier alpha value is -2.21. The molecule has 1 aliphatic heterocycles. The summed E-state index contributed by atoms with van der Waals surface area (Å²) in [4.78, 5) is 16.0. The Morgan fingerprint density at radius 2 is 2.27 bits per heavy atom. The molecule has 0 aliphatic carbocycles. The smallest absolute Gasteiger partial charge is 0.232 e. The van der Waals surface area contributed by atoms with Gasteiger partial charge in [-0.15, -0.1) is 0 Å². The zero-order chi connectivity index (χ0) is 15.4. The van der Waals surface area contributed by atoms with Crippen LogP contribution < -0.4 is 10.6 Å². The molecule has 22 heavy (non-hydrogen) atoms. The van der Waals surface area contributed by atoms with Gasteiger partial charge in [-0.2, -0.15) is 5.10 Å². The predicted molar refractivity (Wildman–Crippen MR) is 84.5 cm³/mol. The number of rotatable bonds is 7. The van der Waals surface area contributed by atoms with Crippen molar-refractivity contribution in [3.63, 3.8) is 0 Å². The van der Waals surface area contributed by atoms with Crippen molar-refractivity contribution in [2.24, 2.45) is 0 Å². The minimum absolute atomic E-state index is 0.0359. The summed E-state index contributed by atoms with van der Waals surface area (Å²) in [5.74, 6) is 0.0736. The maximum Gasteiger partial charge on any atom is 0.232 e. The van der Waals surface area contributed by atoms with E-state index in [1.807, 2.05) is 28.9 Å². The Labute approximate surface area is 129 Å². The second kappa shape index (κ2) is 6.70. The maximum absolute atomic E-state index is 12.0. The highest BCUT2D eigenvalue weighted by molar-refractivity contribution is 6.02. The summed E-state index contributed by atoms with van der Waals surface area (Å²) in [6.45, 7) is 3.82. The summed E-state index contributed by atoms with van der Waals surface area (Å²) in [5.41, 5.74) is 2.07. The van der Waals surface area contributed by atoms with Gasteiger partial charge in [0.05, 0.1) is 5.92 Å². The fourth-order valence-corrected chi connectivity index (χ4v) is 2.81. The molecule has 116 valence electrons. The maximum atomic E-state index is 12.0. The molecule has 0 saturated carbocycles. The number of amides is 1. The monoisotopic (exact) mass is 299 g/mol. The van der Waals surface area contributed by atoms with Crippen molar-refractivity contribution in [1.29, 1.82) is 0 Å². The summed E-state index contributed by atoms with van der Waals surface area (Å²) in [6, 6.07) is 8.31. The van der Waals surface area contributed by atoms with Crippen molar-refractivity contribution in [2.45, 2.75) is 38.3 Å². The number of hydrogen-bond donors (Lipinski definition) is 2. The van der Waals surface area contributed by atoms with Crippen LogP contribution in [0.5, 0.6) is 0 Å². The first-order valence-electron chi connectivity index (χ1n) is 7.69. The van der Waals surface area contributed by atoms with Gasteiger partial charge >= 0.3 is 0 Å². The highest BCUT2D eigenvalue weighted by Crippen LogP contribution is 2.33. The van der Waals surface area contributed by atoms with Crippen LogP contribution in [0.25, 0.3) is 0 Å². The van der Waals surface area contributed by atoms with Crippen molar-refractivity contribution in [3.05, 3.63) is 42.5 Å². The normalized spacial score (nSPS) is 18.0. The summed E-state index contributed by atoms with van der Waals surface area (Å²) < 4.78 is 1.83. The fraction of sp³-hybridized carbons (Fsp3) is 0.438. The summed E-state index contributed by atoms with van der Waals surface area (Å²) in [7, 11) is 0. The number of benzene rings is 1. The second-order valence-corrected chi connectivity index (χ2v) is 5.72. The van der Waals surface area contributed by atoms with E-state index in [4.69, 9.17) is 0 Å². The standard InChI is InChI=1S/C16H21N5O/c1-12(7-9-21-11-17-10-19-21)18-8-6-14-13-4-2-3-5-15(13)20-16(14)22/h2-5,10-12,14,18H,6-9H2,1H3,(H,20,22)/t12-,14+/m0/s1. The number of hydrogen-bond acceptors (Lipinski definition) is 4. The van der Waals surface area contributed by atoms with Crippen molar-refractivity contribution in [1.82, 2.24) is 20.1 Å². The summed E-state index contributed by atoms with van der Waals surface area (Å²) in [6.07, 6.45) is 5.08. The largest absolute Gasteiger partial charge is 0.325 e. The first-order chi connectivity index (χ1) is 10.7. The van der Waals surface area contributed by atoms with Crippen LogP contribution in [0.1, 0.15) is 31.2 Å². The number of carbonyl (C=O) groups is 1. The lowest BCUT2D eigenvalue weighted by atomic mass is 9.97. The molecule has 2 atom stereocenters. The van der Waals surface area contributed by atoms with E-state index in [9.17, 15) is 4.79 Å². The van der Waals surface area contributed by atoms with E-state index in [1.165, 1.54) is 0 Å². The molecule has 6 nitrogen and oxygen atoms in total. The zero-order valence-corrected chi connectivity index (χ0v) is 12.7. The van der Waals surface area contributed by atoms with Gasteiger partial charge < -0.3 is 10.6 Å². The van der Waals surface area contributed by atoms with E-state index >= 15 is 0 Å². The molecule has 2 aromatic rings. The molecule has 6 heteroatoms. The lowest BCUT2D eigenvalue weighted by molar-refractivity contribution is -0.117. The number of aromatic nitrogens is 3. The number of nitrogens with one attached hydrogen (secondary N) is 2. The van der Waals surface area contributed by atoms with Crippen molar-refractivity contribution < 1.29 is 4.79 Å². The van der Waals surface area contributed by atoms with Gasteiger partial charge in [0.2, 0.25) is 5.91 Å². The Kier molecular flexibility index (Phi) is 4.48. The molecular formula is C16H21N5O. The molecule has 2 N–H and O–H groups in total. The molecular weight excluding hydrogens is 278 g/mol. The van der Waals surface area contributed by atoms with E-state index in [1.54, 1.807) is 12.7 Å². The fourth-order valence-electron chi connectivity index (χ4n) is 2.81. The molecule has 0 bridgehead atoms. The van der Waals surface area contributed by atoms with E-state index in [0.717, 1.165) is 37.2 Å². The lowest BCUT2D eigenvalue weighted by Crippen LogP contribution is -2.30. The number of nitrogens with zero attached hydrogens (tertiary/aromatic N) is 3. The van der Waals surface area contributed by atoms with Crippen molar-refractivity contribution >= 4 is 11.6 Å². The third kappa shape index (κ3) is 3.33. The van der Waals surface area contributed by atoms with Crippen LogP contribution in [0.4, 0.5) is 5.69 Å². The van der Waals surface area contributed by atoms with Crippen LogP contribution in [0.15, 0.2) is 36.9 Å². The molecule has 0 saturated heterocycles. The van der Waals surface area contributed by atoms with Gasteiger partial charge in [0.15, 0.2) is 0 Å². The van der Waals surface area contributed by atoms with Gasteiger partial charge in [-0.25, -0.2) is 4.98 Å². The van der Waals surface area contributed by atoms with Gasteiger partial charge in [0.1, 0.15) is 12.7 Å². The molecule has 2 heterocycles.